The number of carbonyl (C=O) groups is 1. The smallest absolute Gasteiger partial charge is 0.255 e. The van der Waals surface area contributed by atoms with Crippen LogP contribution < -0.4 is 10.2 Å². The molecule has 0 radical (unpaired) electrons. The molecule has 7 heteroatoms. The Bertz CT molecular complexity index is 994. The van der Waals surface area contributed by atoms with E-state index in [1.807, 2.05) is 54.9 Å². The number of aryl methyl sites for hydroxylation is 1. The lowest BCUT2D eigenvalue weighted by Gasteiger charge is -2.29. The molecule has 1 amide bonds. The average molecular weight is 391 g/mol. The highest BCUT2D eigenvalue weighted by molar-refractivity contribution is 5.98. The summed E-state index contributed by atoms with van der Waals surface area (Å²) in [4.78, 5) is 19.5. The Morgan fingerprint density at radius 3 is 2.62 bits per heavy atom. The molecular weight excluding hydrogens is 366 g/mol. The Kier molecular flexibility index (Phi) is 5.57. The molecule has 0 bridgehead atoms. The zero-order valence-corrected chi connectivity index (χ0v) is 16.8. The summed E-state index contributed by atoms with van der Waals surface area (Å²) in [6, 6.07) is 13.6. The normalized spacial score (nSPS) is 14.1. The van der Waals surface area contributed by atoms with Crippen molar-refractivity contribution < 1.29 is 9.53 Å². The van der Waals surface area contributed by atoms with Crippen molar-refractivity contribution in [2.75, 3.05) is 31.2 Å². The minimum atomic E-state index is -0.133. The number of hydrogen-bond acceptors (Lipinski definition) is 5. The van der Waals surface area contributed by atoms with Crippen molar-refractivity contribution in [1.29, 1.82) is 0 Å². The molecule has 1 N–H and O–H groups in total. The predicted octanol–water partition coefficient (Wildman–Crippen LogP) is 2.65. The molecule has 0 aliphatic carbocycles. The first kappa shape index (κ1) is 19.1. The lowest BCUT2D eigenvalue weighted by Crippen LogP contribution is -2.38. The fraction of sp³-hybridized carbons (Fsp3) is 0.318. The maximum Gasteiger partial charge on any atom is 0.255 e. The molecule has 1 fully saturated rings. The summed E-state index contributed by atoms with van der Waals surface area (Å²) < 4.78 is 7.33. The predicted molar refractivity (Wildman–Crippen MR) is 111 cm³/mol. The van der Waals surface area contributed by atoms with E-state index >= 15 is 0 Å². The number of ether oxygens (including phenoxy) is 1. The van der Waals surface area contributed by atoms with Gasteiger partial charge in [0.1, 0.15) is 5.82 Å². The van der Waals surface area contributed by atoms with E-state index in [2.05, 4.69) is 20.3 Å². The van der Waals surface area contributed by atoms with E-state index < -0.39 is 0 Å². The first-order valence-electron chi connectivity index (χ1n) is 9.81. The Labute approximate surface area is 170 Å². The third-order valence-electron chi connectivity index (χ3n) is 5.21. The zero-order chi connectivity index (χ0) is 20.2. The summed E-state index contributed by atoms with van der Waals surface area (Å²) in [6.45, 7) is 7.18. The zero-order valence-electron chi connectivity index (χ0n) is 16.8. The van der Waals surface area contributed by atoms with Crippen molar-refractivity contribution in [2.24, 2.45) is 0 Å². The average Bonchev–Trinajstić information content (AvgIpc) is 3.06. The van der Waals surface area contributed by atoms with Gasteiger partial charge < -0.3 is 15.0 Å². The fourth-order valence-corrected chi connectivity index (χ4v) is 3.62. The molecule has 1 saturated heterocycles. The van der Waals surface area contributed by atoms with E-state index in [0.29, 0.717) is 31.1 Å². The van der Waals surface area contributed by atoms with Gasteiger partial charge in [0.25, 0.3) is 5.91 Å². The molecule has 1 aliphatic rings. The van der Waals surface area contributed by atoms with Gasteiger partial charge in [0.05, 0.1) is 30.2 Å². The molecule has 29 heavy (non-hydrogen) atoms. The Morgan fingerprint density at radius 1 is 1.10 bits per heavy atom. The first-order chi connectivity index (χ1) is 14.1. The number of amides is 1. The number of morpholine rings is 1. The van der Waals surface area contributed by atoms with Crippen LogP contribution in [0.25, 0.3) is 5.69 Å². The summed E-state index contributed by atoms with van der Waals surface area (Å²) in [5.41, 5.74) is 4.55. The number of para-hydroxylation sites is 1. The molecule has 0 atom stereocenters. The van der Waals surface area contributed by atoms with Crippen LogP contribution in [0.3, 0.4) is 0 Å². The summed E-state index contributed by atoms with van der Waals surface area (Å²) >= 11 is 0. The summed E-state index contributed by atoms with van der Waals surface area (Å²) in [5.74, 6) is 0.576. The molecule has 4 rings (SSSR count). The van der Waals surface area contributed by atoms with Crippen LogP contribution in [0.5, 0.6) is 0 Å². The number of nitrogens with one attached hydrogen (secondary N) is 1. The van der Waals surface area contributed by atoms with E-state index in [-0.39, 0.29) is 5.91 Å². The van der Waals surface area contributed by atoms with Crippen LogP contribution in [-0.2, 0) is 11.3 Å². The van der Waals surface area contributed by atoms with E-state index in [0.717, 1.165) is 35.7 Å². The van der Waals surface area contributed by atoms with Crippen LogP contribution in [0.2, 0.25) is 0 Å². The third-order valence-corrected chi connectivity index (χ3v) is 5.21. The van der Waals surface area contributed by atoms with E-state index in [1.54, 1.807) is 12.3 Å². The molecule has 150 valence electrons. The highest BCUT2D eigenvalue weighted by Gasteiger charge is 2.20. The SMILES string of the molecule is Cc1nn(-c2ccccc2)c(C)c1CNC(=O)c1cccnc1N1CCOCC1. The largest absolute Gasteiger partial charge is 0.378 e. The van der Waals surface area contributed by atoms with Gasteiger partial charge in [-0.25, -0.2) is 9.67 Å². The van der Waals surface area contributed by atoms with Crippen LogP contribution in [-0.4, -0.2) is 47.0 Å². The standard InChI is InChI=1S/C22H25N5O2/c1-16-20(17(2)27(25-16)18-7-4-3-5-8-18)15-24-22(28)19-9-6-10-23-21(19)26-11-13-29-14-12-26/h3-10H,11-15H2,1-2H3,(H,24,28). The summed E-state index contributed by atoms with van der Waals surface area (Å²) in [6.07, 6.45) is 1.72. The molecule has 0 unspecified atom stereocenters. The number of nitrogens with zero attached hydrogens (tertiary/aromatic N) is 4. The van der Waals surface area contributed by atoms with E-state index in [9.17, 15) is 4.79 Å². The molecule has 1 aliphatic heterocycles. The molecule has 3 heterocycles. The van der Waals surface area contributed by atoms with Gasteiger partial charge in [-0.1, -0.05) is 18.2 Å². The lowest BCUT2D eigenvalue weighted by molar-refractivity contribution is 0.0949. The Hall–Kier alpha value is -3.19. The number of benzene rings is 1. The van der Waals surface area contributed by atoms with Crippen LogP contribution in [0.1, 0.15) is 27.3 Å². The highest BCUT2D eigenvalue weighted by atomic mass is 16.5. The number of aromatic nitrogens is 3. The molecule has 2 aromatic heterocycles. The van der Waals surface area contributed by atoms with Crippen molar-refractivity contribution in [3.8, 4) is 5.69 Å². The fourth-order valence-electron chi connectivity index (χ4n) is 3.62. The van der Waals surface area contributed by atoms with Gasteiger partial charge in [-0.3, -0.25) is 4.79 Å². The molecule has 3 aromatic rings. The van der Waals surface area contributed by atoms with Gasteiger partial charge in [-0.05, 0) is 38.1 Å². The summed E-state index contributed by atoms with van der Waals surface area (Å²) in [5, 5.41) is 7.70. The highest BCUT2D eigenvalue weighted by Crippen LogP contribution is 2.20. The first-order valence-corrected chi connectivity index (χ1v) is 9.81. The molecule has 1 aromatic carbocycles. The van der Waals surface area contributed by atoms with Gasteiger partial charge in [0.2, 0.25) is 0 Å². The number of rotatable bonds is 5. The minimum Gasteiger partial charge on any atom is -0.378 e. The third kappa shape index (κ3) is 4.00. The monoisotopic (exact) mass is 391 g/mol. The maximum atomic E-state index is 12.9. The van der Waals surface area contributed by atoms with Crippen LogP contribution in [0.4, 0.5) is 5.82 Å². The van der Waals surface area contributed by atoms with Crippen molar-refractivity contribution in [3.05, 3.63) is 71.2 Å². The van der Waals surface area contributed by atoms with Gasteiger partial charge in [0.15, 0.2) is 0 Å². The second-order valence-corrected chi connectivity index (χ2v) is 7.05. The summed E-state index contributed by atoms with van der Waals surface area (Å²) in [7, 11) is 0. The van der Waals surface area contributed by atoms with Crippen molar-refractivity contribution in [3.63, 3.8) is 0 Å². The van der Waals surface area contributed by atoms with Crippen molar-refractivity contribution >= 4 is 11.7 Å². The lowest BCUT2D eigenvalue weighted by atomic mass is 10.1. The van der Waals surface area contributed by atoms with Gasteiger partial charge >= 0.3 is 0 Å². The number of pyridine rings is 1. The van der Waals surface area contributed by atoms with Crippen LogP contribution in [0.15, 0.2) is 48.7 Å². The number of carbonyl (C=O) groups excluding carboxylic acids is 1. The van der Waals surface area contributed by atoms with Crippen LogP contribution in [0, 0.1) is 13.8 Å². The molecular formula is C22H25N5O2. The quantitative estimate of drug-likeness (QED) is 0.724. The van der Waals surface area contributed by atoms with Crippen molar-refractivity contribution in [2.45, 2.75) is 20.4 Å². The topological polar surface area (TPSA) is 72.3 Å². The van der Waals surface area contributed by atoms with E-state index in [1.165, 1.54) is 0 Å². The Morgan fingerprint density at radius 2 is 1.86 bits per heavy atom. The minimum absolute atomic E-state index is 0.133. The van der Waals surface area contributed by atoms with E-state index in [4.69, 9.17) is 4.74 Å². The maximum absolute atomic E-state index is 12.9. The van der Waals surface area contributed by atoms with Gasteiger partial charge in [-0.2, -0.15) is 5.10 Å². The molecule has 0 saturated carbocycles. The number of hydrogen-bond donors (Lipinski definition) is 1. The second-order valence-electron chi connectivity index (χ2n) is 7.05. The van der Waals surface area contributed by atoms with Crippen molar-refractivity contribution in [1.82, 2.24) is 20.1 Å². The molecule has 7 nitrogen and oxygen atoms in total. The van der Waals surface area contributed by atoms with Gasteiger partial charge in [-0.15, -0.1) is 0 Å². The number of anilines is 1. The second kappa shape index (κ2) is 8.45. The Balaban J connectivity index is 1.52. The van der Waals surface area contributed by atoms with Crippen LogP contribution >= 0.6 is 0 Å². The van der Waals surface area contributed by atoms with Gasteiger partial charge in [0, 0.05) is 37.1 Å². The molecule has 0 spiro atoms.